The maximum absolute atomic E-state index is 4.27. The second-order valence-electron chi connectivity index (χ2n) is 6.36. The highest BCUT2D eigenvalue weighted by Crippen LogP contribution is 2.25. The van der Waals surface area contributed by atoms with Crippen molar-refractivity contribution in [3.05, 3.63) is 29.8 Å². The Hall–Kier alpha value is -1.95. The van der Waals surface area contributed by atoms with Crippen molar-refractivity contribution in [1.82, 2.24) is 25.1 Å². The first-order valence-electron chi connectivity index (χ1n) is 8.16. The Morgan fingerprint density at radius 3 is 2.59 bits per heavy atom. The van der Waals surface area contributed by atoms with E-state index in [4.69, 9.17) is 0 Å². The molecule has 2 saturated heterocycles. The molecule has 0 aliphatic carbocycles. The molecule has 1 atom stereocenters. The van der Waals surface area contributed by atoms with E-state index >= 15 is 0 Å². The third kappa shape index (κ3) is 2.47. The molecular formula is C16H22N6. The Kier molecular flexibility index (Phi) is 3.54. The maximum Gasteiger partial charge on any atom is 0.250 e. The van der Waals surface area contributed by atoms with Gasteiger partial charge in [0.1, 0.15) is 0 Å². The monoisotopic (exact) mass is 298 g/mol. The van der Waals surface area contributed by atoms with Crippen LogP contribution in [-0.4, -0.2) is 57.3 Å². The van der Waals surface area contributed by atoms with Crippen molar-refractivity contribution in [1.29, 1.82) is 0 Å². The van der Waals surface area contributed by atoms with Gasteiger partial charge in [-0.05, 0) is 61.8 Å². The molecule has 3 heterocycles. The zero-order valence-electron chi connectivity index (χ0n) is 13.0. The summed E-state index contributed by atoms with van der Waals surface area (Å²) in [6.45, 7) is 6.66. The normalized spacial score (nSPS) is 22.6. The molecule has 4 rings (SSSR count). The van der Waals surface area contributed by atoms with E-state index in [2.05, 4.69) is 56.5 Å². The number of anilines is 1. The van der Waals surface area contributed by atoms with Crippen molar-refractivity contribution in [2.24, 2.45) is 0 Å². The van der Waals surface area contributed by atoms with Crippen LogP contribution in [0.4, 0.5) is 5.95 Å². The molecule has 1 unspecified atom stereocenters. The molecule has 116 valence electrons. The van der Waals surface area contributed by atoms with Gasteiger partial charge in [0.15, 0.2) is 0 Å². The lowest BCUT2D eigenvalue weighted by atomic mass is 10.2. The second-order valence-corrected chi connectivity index (χ2v) is 6.36. The summed E-state index contributed by atoms with van der Waals surface area (Å²) in [5.74, 6) is 0.866. The fraction of sp³-hybridized carbons (Fsp3) is 0.562. The van der Waals surface area contributed by atoms with Crippen LogP contribution < -0.4 is 4.90 Å². The average Bonchev–Trinajstić information content (AvgIpc) is 3.27. The quantitative estimate of drug-likeness (QED) is 0.862. The number of hydrogen-bond acceptors (Lipinski definition) is 5. The Labute approximate surface area is 130 Å². The van der Waals surface area contributed by atoms with Crippen molar-refractivity contribution in [3.63, 3.8) is 0 Å². The van der Waals surface area contributed by atoms with Crippen LogP contribution in [0.25, 0.3) is 5.69 Å². The summed E-state index contributed by atoms with van der Waals surface area (Å²) >= 11 is 0. The lowest BCUT2D eigenvalue weighted by Gasteiger charge is -2.23. The third-order valence-electron chi connectivity index (χ3n) is 4.83. The lowest BCUT2D eigenvalue weighted by Crippen LogP contribution is -2.35. The third-order valence-corrected chi connectivity index (χ3v) is 4.83. The van der Waals surface area contributed by atoms with Crippen LogP contribution in [0.3, 0.4) is 0 Å². The fourth-order valence-electron chi connectivity index (χ4n) is 3.56. The standard InChI is InChI=1S/C16H22N6/c1-13-4-6-14(7-5-13)22-16(17-18-19-22)21-11-8-15(12-21)20-9-2-3-10-20/h4-7,15H,2-3,8-12H2,1H3. The Balaban J connectivity index is 1.54. The van der Waals surface area contributed by atoms with Gasteiger partial charge in [-0.2, -0.15) is 4.68 Å². The molecule has 1 aromatic heterocycles. The van der Waals surface area contributed by atoms with Crippen molar-refractivity contribution in [2.75, 3.05) is 31.1 Å². The minimum atomic E-state index is 0.658. The highest BCUT2D eigenvalue weighted by molar-refractivity contribution is 5.42. The molecule has 0 N–H and O–H groups in total. The highest BCUT2D eigenvalue weighted by Gasteiger charge is 2.31. The molecule has 0 radical (unpaired) electrons. The van der Waals surface area contributed by atoms with Crippen LogP contribution >= 0.6 is 0 Å². The van der Waals surface area contributed by atoms with Crippen molar-refractivity contribution >= 4 is 5.95 Å². The van der Waals surface area contributed by atoms with Gasteiger partial charge in [0.05, 0.1) is 5.69 Å². The zero-order chi connectivity index (χ0) is 14.9. The van der Waals surface area contributed by atoms with Crippen molar-refractivity contribution in [2.45, 2.75) is 32.2 Å². The van der Waals surface area contributed by atoms with E-state index in [1.165, 1.54) is 37.9 Å². The van der Waals surface area contributed by atoms with Gasteiger partial charge in [0, 0.05) is 19.1 Å². The molecule has 22 heavy (non-hydrogen) atoms. The van der Waals surface area contributed by atoms with Gasteiger partial charge in [-0.3, -0.25) is 4.90 Å². The second kappa shape index (κ2) is 5.68. The average molecular weight is 298 g/mol. The molecule has 6 nitrogen and oxygen atoms in total. The van der Waals surface area contributed by atoms with E-state index in [9.17, 15) is 0 Å². The number of nitrogens with zero attached hydrogens (tertiary/aromatic N) is 6. The summed E-state index contributed by atoms with van der Waals surface area (Å²) in [5, 5.41) is 12.3. The Bertz CT molecular complexity index is 628. The van der Waals surface area contributed by atoms with Gasteiger partial charge in [-0.15, -0.1) is 0 Å². The minimum Gasteiger partial charge on any atom is -0.338 e. The number of aryl methyl sites for hydroxylation is 1. The molecule has 0 amide bonds. The summed E-state index contributed by atoms with van der Waals surface area (Å²) in [6.07, 6.45) is 3.90. The van der Waals surface area contributed by atoms with Crippen molar-refractivity contribution < 1.29 is 0 Å². The van der Waals surface area contributed by atoms with Crippen LogP contribution in [0.2, 0.25) is 0 Å². The molecular weight excluding hydrogens is 276 g/mol. The predicted molar refractivity (Wildman–Crippen MR) is 85.3 cm³/mol. The van der Waals surface area contributed by atoms with Crippen LogP contribution in [0.5, 0.6) is 0 Å². The fourth-order valence-corrected chi connectivity index (χ4v) is 3.56. The number of benzene rings is 1. The smallest absolute Gasteiger partial charge is 0.250 e. The van der Waals surface area contributed by atoms with E-state index in [0.29, 0.717) is 6.04 Å². The molecule has 0 bridgehead atoms. The summed E-state index contributed by atoms with van der Waals surface area (Å²) < 4.78 is 1.85. The Morgan fingerprint density at radius 1 is 1.05 bits per heavy atom. The van der Waals surface area contributed by atoms with Gasteiger partial charge in [-0.1, -0.05) is 22.8 Å². The van der Waals surface area contributed by atoms with Crippen LogP contribution in [0.1, 0.15) is 24.8 Å². The number of rotatable bonds is 3. The van der Waals surface area contributed by atoms with Crippen LogP contribution in [-0.2, 0) is 0 Å². The molecule has 1 aromatic carbocycles. The molecule has 2 aliphatic heterocycles. The Morgan fingerprint density at radius 2 is 1.82 bits per heavy atom. The summed E-state index contributed by atoms with van der Waals surface area (Å²) in [5.41, 5.74) is 2.27. The number of aromatic nitrogens is 4. The lowest BCUT2D eigenvalue weighted by molar-refractivity contribution is 0.260. The number of likely N-dealkylation sites (tertiary alicyclic amines) is 1. The summed E-state index contributed by atoms with van der Waals surface area (Å²) in [4.78, 5) is 4.95. The molecule has 2 fully saturated rings. The highest BCUT2D eigenvalue weighted by atomic mass is 15.6. The van der Waals surface area contributed by atoms with Crippen molar-refractivity contribution in [3.8, 4) is 5.69 Å². The molecule has 6 heteroatoms. The first-order valence-corrected chi connectivity index (χ1v) is 8.16. The van der Waals surface area contributed by atoms with Gasteiger partial charge < -0.3 is 4.90 Å². The maximum atomic E-state index is 4.27. The number of hydrogen-bond donors (Lipinski definition) is 0. The van der Waals surface area contributed by atoms with Gasteiger partial charge >= 0.3 is 0 Å². The topological polar surface area (TPSA) is 50.1 Å². The van der Waals surface area contributed by atoms with Crippen LogP contribution in [0, 0.1) is 6.92 Å². The molecule has 2 aromatic rings. The largest absolute Gasteiger partial charge is 0.338 e. The van der Waals surface area contributed by atoms with Gasteiger partial charge in [0.2, 0.25) is 5.95 Å². The molecule has 0 saturated carbocycles. The van der Waals surface area contributed by atoms with Crippen LogP contribution in [0.15, 0.2) is 24.3 Å². The first-order chi connectivity index (χ1) is 10.8. The molecule has 0 spiro atoms. The molecule has 2 aliphatic rings. The number of tetrazole rings is 1. The zero-order valence-corrected chi connectivity index (χ0v) is 13.0. The summed E-state index contributed by atoms with van der Waals surface area (Å²) in [6, 6.07) is 8.99. The minimum absolute atomic E-state index is 0.658. The van der Waals surface area contributed by atoms with Gasteiger partial charge in [-0.25, -0.2) is 0 Å². The SMILES string of the molecule is Cc1ccc(-n2nnnc2N2CCC(N3CCCC3)C2)cc1. The van der Waals surface area contributed by atoms with Gasteiger partial charge in [0.25, 0.3) is 0 Å². The summed E-state index contributed by atoms with van der Waals surface area (Å²) in [7, 11) is 0. The van der Waals surface area contributed by atoms with E-state index < -0.39 is 0 Å². The van der Waals surface area contributed by atoms with E-state index in [0.717, 1.165) is 24.7 Å². The van der Waals surface area contributed by atoms with E-state index in [1.807, 2.05) is 4.68 Å². The van der Waals surface area contributed by atoms with E-state index in [1.54, 1.807) is 0 Å². The van der Waals surface area contributed by atoms with E-state index in [-0.39, 0.29) is 0 Å². The predicted octanol–water partition coefficient (Wildman–Crippen LogP) is 1.65. The first kappa shape index (κ1) is 13.7.